The summed E-state index contributed by atoms with van der Waals surface area (Å²) < 4.78 is 0. The average molecular weight is 259 g/mol. The molecule has 1 saturated carbocycles. The van der Waals surface area contributed by atoms with Gasteiger partial charge in [-0.05, 0) is 70.0 Å². The molecule has 100 valence electrons. The first-order valence-corrected chi connectivity index (χ1v) is 7.38. The lowest BCUT2D eigenvalue weighted by Gasteiger charge is -2.39. The van der Waals surface area contributed by atoms with Crippen molar-refractivity contribution in [3.8, 4) is 0 Å². The standard InChI is InChI=1S/C14H26N2.ClH/c1-3-13(4-1)14-5-2-10-16(14)11-12-6-8-15-9-7-12;/h12-15H,1-11H2;1H. The fourth-order valence-electron chi connectivity index (χ4n) is 3.83. The van der Waals surface area contributed by atoms with Crippen molar-refractivity contribution >= 4 is 12.4 Å². The summed E-state index contributed by atoms with van der Waals surface area (Å²) in [6.45, 7) is 5.31. The van der Waals surface area contributed by atoms with Crippen molar-refractivity contribution in [1.82, 2.24) is 10.2 Å². The number of rotatable bonds is 3. The van der Waals surface area contributed by atoms with Gasteiger partial charge in [-0.25, -0.2) is 0 Å². The Morgan fingerprint density at radius 1 is 0.941 bits per heavy atom. The number of piperidine rings is 1. The summed E-state index contributed by atoms with van der Waals surface area (Å²) in [5.41, 5.74) is 0. The molecule has 3 rings (SSSR count). The van der Waals surface area contributed by atoms with Crippen LogP contribution >= 0.6 is 12.4 Å². The van der Waals surface area contributed by atoms with Gasteiger partial charge in [0, 0.05) is 12.6 Å². The van der Waals surface area contributed by atoms with Crippen LogP contribution in [0.1, 0.15) is 44.9 Å². The van der Waals surface area contributed by atoms with Crippen molar-refractivity contribution in [2.75, 3.05) is 26.2 Å². The zero-order chi connectivity index (χ0) is 10.8. The second-order valence-corrected chi connectivity index (χ2v) is 6.09. The van der Waals surface area contributed by atoms with Gasteiger partial charge in [0.15, 0.2) is 0 Å². The molecule has 1 N–H and O–H groups in total. The maximum Gasteiger partial charge on any atom is 0.0124 e. The van der Waals surface area contributed by atoms with Crippen LogP contribution in [0.4, 0.5) is 0 Å². The van der Waals surface area contributed by atoms with E-state index in [1.165, 1.54) is 71.1 Å². The number of nitrogens with zero attached hydrogens (tertiary/aromatic N) is 1. The smallest absolute Gasteiger partial charge is 0.0124 e. The number of likely N-dealkylation sites (tertiary alicyclic amines) is 1. The van der Waals surface area contributed by atoms with Crippen molar-refractivity contribution in [1.29, 1.82) is 0 Å². The van der Waals surface area contributed by atoms with E-state index >= 15 is 0 Å². The highest BCUT2D eigenvalue weighted by atomic mass is 35.5. The summed E-state index contributed by atoms with van der Waals surface area (Å²) >= 11 is 0. The molecule has 0 spiro atoms. The number of halogens is 1. The predicted molar refractivity (Wildman–Crippen MR) is 74.8 cm³/mol. The molecule has 3 aliphatic rings. The average Bonchev–Trinajstić information content (AvgIpc) is 2.66. The lowest BCUT2D eigenvalue weighted by molar-refractivity contribution is 0.109. The molecule has 0 radical (unpaired) electrons. The first-order valence-electron chi connectivity index (χ1n) is 7.38. The van der Waals surface area contributed by atoms with E-state index in [0.29, 0.717) is 0 Å². The first-order chi connectivity index (χ1) is 7.93. The maximum absolute atomic E-state index is 3.48. The molecule has 17 heavy (non-hydrogen) atoms. The molecule has 0 bridgehead atoms. The zero-order valence-corrected chi connectivity index (χ0v) is 11.7. The van der Waals surface area contributed by atoms with Crippen LogP contribution in [-0.2, 0) is 0 Å². The number of hydrogen-bond acceptors (Lipinski definition) is 2. The second kappa shape index (κ2) is 6.40. The Bertz CT molecular complexity index is 224. The molecule has 1 unspecified atom stereocenters. The van der Waals surface area contributed by atoms with Gasteiger partial charge in [-0.3, -0.25) is 4.90 Å². The Balaban J connectivity index is 0.00000108. The molecular weight excluding hydrogens is 232 g/mol. The van der Waals surface area contributed by atoms with Gasteiger partial charge in [0.1, 0.15) is 0 Å². The van der Waals surface area contributed by atoms with Gasteiger partial charge in [0.05, 0.1) is 0 Å². The SMILES string of the molecule is C1CC(C2CCCN2CC2CCNCC2)C1.Cl. The Labute approximate surface area is 112 Å². The molecule has 2 saturated heterocycles. The van der Waals surface area contributed by atoms with Gasteiger partial charge < -0.3 is 5.32 Å². The summed E-state index contributed by atoms with van der Waals surface area (Å²) in [5, 5.41) is 3.48. The monoisotopic (exact) mass is 258 g/mol. The molecular formula is C14H27ClN2. The van der Waals surface area contributed by atoms with E-state index < -0.39 is 0 Å². The normalized spacial score (nSPS) is 32.1. The fourth-order valence-corrected chi connectivity index (χ4v) is 3.83. The Morgan fingerprint density at radius 2 is 1.71 bits per heavy atom. The molecule has 0 aromatic heterocycles. The third-order valence-electron chi connectivity index (χ3n) is 5.06. The van der Waals surface area contributed by atoms with Crippen molar-refractivity contribution < 1.29 is 0 Å². The summed E-state index contributed by atoms with van der Waals surface area (Å²) in [5.74, 6) is 2.06. The van der Waals surface area contributed by atoms with Gasteiger partial charge in [0.25, 0.3) is 0 Å². The van der Waals surface area contributed by atoms with Crippen LogP contribution in [-0.4, -0.2) is 37.1 Å². The van der Waals surface area contributed by atoms with Crippen LogP contribution in [0.25, 0.3) is 0 Å². The number of hydrogen-bond donors (Lipinski definition) is 1. The summed E-state index contributed by atoms with van der Waals surface area (Å²) in [6, 6.07) is 0.976. The largest absolute Gasteiger partial charge is 0.317 e. The Hall–Kier alpha value is 0.210. The Morgan fingerprint density at radius 3 is 2.35 bits per heavy atom. The molecule has 0 aromatic rings. The lowest BCUT2D eigenvalue weighted by Crippen LogP contribution is -2.43. The molecule has 2 aliphatic heterocycles. The minimum atomic E-state index is 0. The minimum Gasteiger partial charge on any atom is -0.317 e. The van der Waals surface area contributed by atoms with Crippen molar-refractivity contribution in [3.63, 3.8) is 0 Å². The van der Waals surface area contributed by atoms with E-state index in [2.05, 4.69) is 10.2 Å². The van der Waals surface area contributed by atoms with E-state index in [1.807, 2.05) is 0 Å². The summed E-state index contributed by atoms with van der Waals surface area (Å²) in [6.07, 6.45) is 10.3. The van der Waals surface area contributed by atoms with Crippen molar-refractivity contribution in [3.05, 3.63) is 0 Å². The van der Waals surface area contributed by atoms with Crippen LogP contribution in [0.15, 0.2) is 0 Å². The lowest BCUT2D eigenvalue weighted by atomic mass is 9.78. The highest BCUT2D eigenvalue weighted by molar-refractivity contribution is 5.85. The van der Waals surface area contributed by atoms with E-state index in [4.69, 9.17) is 0 Å². The van der Waals surface area contributed by atoms with Crippen molar-refractivity contribution in [2.24, 2.45) is 11.8 Å². The van der Waals surface area contributed by atoms with Gasteiger partial charge in [-0.2, -0.15) is 0 Å². The summed E-state index contributed by atoms with van der Waals surface area (Å²) in [4.78, 5) is 2.85. The van der Waals surface area contributed by atoms with Crippen LogP contribution < -0.4 is 5.32 Å². The van der Waals surface area contributed by atoms with Gasteiger partial charge in [-0.1, -0.05) is 6.42 Å². The van der Waals surface area contributed by atoms with Crippen LogP contribution in [0.5, 0.6) is 0 Å². The van der Waals surface area contributed by atoms with Gasteiger partial charge in [0.2, 0.25) is 0 Å². The van der Waals surface area contributed by atoms with Crippen LogP contribution in [0.2, 0.25) is 0 Å². The predicted octanol–water partition coefficient (Wildman–Crippen LogP) is 2.67. The quantitative estimate of drug-likeness (QED) is 0.837. The third-order valence-corrected chi connectivity index (χ3v) is 5.06. The topological polar surface area (TPSA) is 15.3 Å². The minimum absolute atomic E-state index is 0. The van der Waals surface area contributed by atoms with Gasteiger partial charge in [-0.15, -0.1) is 12.4 Å². The molecule has 1 atom stereocenters. The van der Waals surface area contributed by atoms with E-state index in [9.17, 15) is 0 Å². The molecule has 3 heteroatoms. The Kier molecular flexibility index (Phi) is 5.13. The van der Waals surface area contributed by atoms with E-state index in [-0.39, 0.29) is 12.4 Å². The van der Waals surface area contributed by atoms with E-state index in [0.717, 1.165) is 17.9 Å². The fraction of sp³-hybridized carbons (Fsp3) is 1.00. The highest BCUT2D eigenvalue weighted by Gasteiger charge is 2.35. The van der Waals surface area contributed by atoms with Crippen LogP contribution in [0.3, 0.4) is 0 Å². The molecule has 2 nitrogen and oxygen atoms in total. The second-order valence-electron chi connectivity index (χ2n) is 6.09. The van der Waals surface area contributed by atoms with Crippen LogP contribution in [0, 0.1) is 11.8 Å². The van der Waals surface area contributed by atoms with Gasteiger partial charge >= 0.3 is 0 Å². The first kappa shape index (κ1) is 13.6. The third kappa shape index (κ3) is 3.15. The van der Waals surface area contributed by atoms with E-state index in [1.54, 1.807) is 0 Å². The molecule has 0 amide bonds. The molecule has 1 aliphatic carbocycles. The summed E-state index contributed by atoms with van der Waals surface area (Å²) in [7, 11) is 0. The molecule has 2 heterocycles. The molecule has 0 aromatic carbocycles. The highest BCUT2D eigenvalue weighted by Crippen LogP contribution is 2.37. The molecule has 3 fully saturated rings. The maximum atomic E-state index is 3.48. The van der Waals surface area contributed by atoms with Crippen molar-refractivity contribution in [2.45, 2.75) is 51.0 Å². The zero-order valence-electron chi connectivity index (χ0n) is 10.9. The number of nitrogens with one attached hydrogen (secondary N) is 1.